The van der Waals surface area contributed by atoms with Gasteiger partial charge in [0.1, 0.15) is 6.23 Å². The summed E-state index contributed by atoms with van der Waals surface area (Å²) in [4.78, 5) is 25.5. The molecule has 114 valence electrons. The molecule has 6 nitrogen and oxygen atoms in total. The van der Waals surface area contributed by atoms with Gasteiger partial charge in [0.05, 0.1) is 32.3 Å². The molecule has 20 heavy (non-hydrogen) atoms. The summed E-state index contributed by atoms with van der Waals surface area (Å²) in [7, 11) is 0. The number of fused-ring (bicyclic) bond motifs is 2. The number of esters is 2. The molecule has 2 heterocycles. The molecule has 2 fully saturated rings. The first-order valence-corrected chi connectivity index (χ1v) is 7.35. The van der Waals surface area contributed by atoms with E-state index in [1.54, 1.807) is 6.92 Å². The summed E-state index contributed by atoms with van der Waals surface area (Å²) in [6.07, 6.45) is 1.99. The number of nitrogens with zero attached hydrogens (tertiary/aromatic N) is 1. The van der Waals surface area contributed by atoms with Gasteiger partial charge in [-0.25, -0.2) is 0 Å². The van der Waals surface area contributed by atoms with E-state index in [2.05, 4.69) is 0 Å². The lowest BCUT2D eigenvalue weighted by Gasteiger charge is -2.47. The standard InChI is InChI=1S/C14H23NO5/c1-3-18-13(16)9-15-11-5-6-20-12(15)8-10(7-11)14(17)19-4-2/h10-12H,3-9H2,1-2H3/t10?,11-,12+/m0/s1. The number of ether oxygens (including phenoxy) is 3. The van der Waals surface area contributed by atoms with Gasteiger partial charge in [0.2, 0.25) is 0 Å². The SMILES string of the molecule is CCOC(=O)CN1[C@H]2CCO[C@@H]1CC(C(=O)OCC)C2. The number of carbonyl (C=O) groups is 2. The molecule has 2 aliphatic rings. The number of hydrogen-bond acceptors (Lipinski definition) is 6. The summed E-state index contributed by atoms with van der Waals surface area (Å²) in [5.74, 6) is -0.505. The molecule has 0 saturated carbocycles. The van der Waals surface area contributed by atoms with Crippen LogP contribution in [0.2, 0.25) is 0 Å². The number of hydrogen-bond donors (Lipinski definition) is 0. The fourth-order valence-corrected chi connectivity index (χ4v) is 3.00. The predicted octanol–water partition coefficient (Wildman–Crippen LogP) is 0.940. The van der Waals surface area contributed by atoms with Crippen LogP contribution in [0.3, 0.4) is 0 Å². The van der Waals surface area contributed by atoms with Crippen LogP contribution in [-0.2, 0) is 23.8 Å². The highest BCUT2D eigenvalue weighted by Gasteiger charge is 2.42. The van der Waals surface area contributed by atoms with Crippen LogP contribution in [0.1, 0.15) is 33.1 Å². The van der Waals surface area contributed by atoms with Gasteiger partial charge in [0.15, 0.2) is 0 Å². The molecule has 2 bridgehead atoms. The lowest BCUT2D eigenvalue weighted by Crippen LogP contribution is -2.57. The lowest BCUT2D eigenvalue weighted by atomic mass is 9.87. The number of rotatable bonds is 5. The first-order valence-electron chi connectivity index (χ1n) is 7.35. The van der Waals surface area contributed by atoms with Gasteiger partial charge in [-0.2, -0.15) is 0 Å². The van der Waals surface area contributed by atoms with Crippen molar-refractivity contribution >= 4 is 11.9 Å². The molecule has 0 aromatic rings. The van der Waals surface area contributed by atoms with E-state index in [0.29, 0.717) is 26.2 Å². The monoisotopic (exact) mass is 285 g/mol. The summed E-state index contributed by atoms with van der Waals surface area (Å²) in [6.45, 7) is 5.31. The normalized spacial score (nSPS) is 29.8. The van der Waals surface area contributed by atoms with E-state index >= 15 is 0 Å². The molecule has 0 spiro atoms. The van der Waals surface area contributed by atoms with Crippen molar-refractivity contribution in [2.45, 2.75) is 45.4 Å². The van der Waals surface area contributed by atoms with Crippen LogP contribution in [0, 0.1) is 5.92 Å². The second kappa shape index (κ2) is 7.04. The van der Waals surface area contributed by atoms with Crippen LogP contribution in [-0.4, -0.2) is 55.5 Å². The van der Waals surface area contributed by atoms with Crippen molar-refractivity contribution < 1.29 is 23.8 Å². The minimum absolute atomic E-state index is 0.122. The van der Waals surface area contributed by atoms with E-state index in [0.717, 1.165) is 12.8 Å². The van der Waals surface area contributed by atoms with Gasteiger partial charge < -0.3 is 14.2 Å². The van der Waals surface area contributed by atoms with Crippen LogP contribution >= 0.6 is 0 Å². The first-order chi connectivity index (χ1) is 9.65. The number of piperidine rings is 1. The molecule has 6 heteroatoms. The third-order valence-electron chi connectivity index (χ3n) is 3.88. The third kappa shape index (κ3) is 3.49. The van der Waals surface area contributed by atoms with Crippen molar-refractivity contribution in [2.75, 3.05) is 26.4 Å². The van der Waals surface area contributed by atoms with Crippen LogP contribution in [0.25, 0.3) is 0 Å². The zero-order valence-electron chi connectivity index (χ0n) is 12.2. The Morgan fingerprint density at radius 2 is 1.95 bits per heavy atom. The Hall–Kier alpha value is -1.14. The molecule has 0 aromatic carbocycles. The zero-order valence-corrected chi connectivity index (χ0v) is 12.2. The highest BCUT2D eigenvalue weighted by Crippen LogP contribution is 2.34. The smallest absolute Gasteiger partial charge is 0.320 e. The van der Waals surface area contributed by atoms with Crippen molar-refractivity contribution in [3.8, 4) is 0 Å². The van der Waals surface area contributed by atoms with Crippen molar-refractivity contribution in [3.63, 3.8) is 0 Å². The Morgan fingerprint density at radius 1 is 1.20 bits per heavy atom. The van der Waals surface area contributed by atoms with Gasteiger partial charge >= 0.3 is 11.9 Å². The maximum Gasteiger partial charge on any atom is 0.320 e. The van der Waals surface area contributed by atoms with E-state index in [9.17, 15) is 9.59 Å². The summed E-state index contributed by atoms with van der Waals surface area (Å²) < 4.78 is 15.8. The summed E-state index contributed by atoms with van der Waals surface area (Å²) in [5.41, 5.74) is 0. The molecule has 0 radical (unpaired) electrons. The van der Waals surface area contributed by atoms with Crippen molar-refractivity contribution in [3.05, 3.63) is 0 Å². The third-order valence-corrected chi connectivity index (χ3v) is 3.88. The van der Waals surface area contributed by atoms with Crippen molar-refractivity contribution in [1.82, 2.24) is 4.90 Å². The Kier molecular flexibility index (Phi) is 5.37. The topological polar surface area (TPSA) is 65.1 Å². The fourth-order valence-electron chi connectivity index (χ4n) is 3.00. The fraction of sp³-hybridized carbons (Fsp3) is 0.857. The Morgan fingerprint density at radius 3 is 2.60 bits per heavy atom. The first kappa shape index (κ1) is 15.3. The van der Waals surface area contributed by atoms with E-state index in [4.69, 9.17) is 14.2 Å². The molecule has 0 amide bonds. The average Bonchev–Trinajstić information content (AvgIpc) is 2.38. The molecule has 0 N–H and O–H groups in total. The van der Waals surface area contributed by atoms with Crippen molar-refractivity contribution in [1.29, 1.82) is 0 Å². The van der Waals surface area contributed by atoms with Gasteiger partial charge in [0.25, 0.3) is 0 Å². The van der Waals surface area contributed by atoms with Crippen LogP contribution in [0.4, 0.5) is 0 Å². The summed E-state index contributed by atoms with van der Waals surface area (Å²) in [6, 6.07) is 0.196. The second-order valence-electron chi connectivity index (χ2n) is 5.17. The van der Waals surface area contributed by atoms with E-state index in [-0.39, 0.29) is 36.7 Å². The van der Waals surface area contributed by atoms with Gasteiger partial charge in [-0.3, -0.25) is 14.5 Å². The minimum Gasteiger partial charge on any atom is -0.466 e. The maximum atomic E-state index is 11.9. The van der Waals surface area contributed by atoms with Gasteiger partial charge in [-0.1, -0.05) is 0 Å². The lowest BCUT2D eigenvalue weighted by molar-refractivity contribution is -0.183. The van der Waals surface area contributed by atoms with Gasteiger partial charge in [0, 0.05) is 12.5 Å². The molecule has 2 aliphatic heterocycles. The van der Waals surface area contributed by atoms with Gasteiger partial charge in [-0.15, -0.1) is 0 Å². The molecule has 1 unspecified atom stereocenters. The largest absolute Gasteiger partial charge is 0.466 e. The van der Waals surface area contributed by atoms with Gasteiger partial charge in [-0.05, 0) is 26.7 Å². The highest BCUT2D eigenvalue weighted by molar-refractivity contribution is 5.73. The predicted molar refractivity (Wildman–Crippen MR) is 70.8 cm³/mol. The Bertz CT molecular complexity index is 345. The average molecular weight is 285 g/mol. The quantitative estimate of drug-likeness (QED) is 0.700. The minimum atomic E-state index is -0.234. The Labute approximate surface area is 119 Å². The van der Waals surface area contributed by atoms with E-state index in [1.807, 2.05) is 11.8 Å². The molecule has 0 aliphatic carbocycles. The van der Waals surface area contributed by atoms with Crippen molar-refractivity contribution in [2.24, 2.45) is 5.92 Å². The molecule has 0 aromatic heterocycles. The van der Waals surface area contributed by atoms with Crippen LogP contribution in [0.15, 0.2) is 0 Å². The summed E-state index contributed by atoms with van der Waals surface area (Å²) in [5, 5.41) is 0. The zero-order chi connectivity index (χ0) is 14.5. The van der Waals surface area contributed by atoms with Crippen LogP contribution < -0.4 is 0 Å². The highest BCUT2D eigenvalue weighted by atomic mass is 16.5. The Balaban J connectivity index is 1.97. The number of carbonyl (C=O) groups excluding carboxylic acids is 2. The van der Waals surface area contributed by atoms with Crippen LogP contribution in [0.5, 0.6) is 0 Å². The molecule has 2 rings (SSSR count). The molecular formula is C14H23NO5. The maximum absolute atomic E-state index is 11.9. The second-order valence-corrected chi connectivity index (χ2v) is 5.17. The molecule has 3 atom stereocenters. The van der Waals surface area contributed by atoms with E-state index < -0.39 is 0 Å². The molecule has 2 saturated heterocycles. The summed E-state index contributed by atoms with van der Waals surface area (Å²) >= 11 is 0. The molecular weight excluding hydrogens is 262 g/mol. The van der Waals surface area contributed by atoms with E-state index in [1.165, 1.54) is 0 Å².